The zero-order chi connectivity index (χ0) is 43.1. The van der Waals surface area contributed by atoms with Crippen LogP contribution < -0.4 is 20.1 Å². The van der Waals surface area contributed by atoms with Gasteiger partial charge in [0, 0.05) is 57.2 Å². The van der Waals surface area contributed by atoms with Crippen LogP contribution in [0.2, 0.25) is 10.0 Å². The average Bonchev–Trinajstić information content (AvgIpc) is 3.52. The highest BCUT2D eigenvalue weighted by atomic mass is 35.5. The first-order chi connectivity index (χ1) is 28.6. The maximum Gasteiger partial charge on any atom is 0.416 e. The normalized spacial score (nSPS) is 20.4. The Labute approximate surface area is 356 Å². The summed E-state index contributed by atoms with van der Waals surface area (Å²) in [5.74, 6) is -1.94. The number of nitrogens with one attached hydrogen (secondary N) is 2. The van der Waals surface area contributed by atoms with Gasteiger partial charge in [-0.2, -0.15) is 13.2 Å². The molecule has 4 aromatic rings. The maximum absolute atomic E-state index is 12.7. The van der Waals surface area contributed by atoms with Gasteiger partial charge in [-0.25, -0.2) is 4.79 Å². The number of carboxylic acids is 1. The van der Waals surface area contributed by atoms with Crippen molar-refractivity contribution < 1.29 is 46.9 Å². The Kier molecular flexibility index (Phi) is 14.1. The van der Waals surface area contributed by atoms with Crippen LogP contribution in [-0.2, 0) is 42.6 Å². The fraction of sp³-hybridized carbons (Fsp3) is 0.378. The molecular formula is C45H46Cl2F3N3O7. The third-order valence-electron chi connectivity index (χ3n) is 11.4. The Morgan fingerprint density at radius 3 is 2.02 bits per heavy atom. The molecule has 2 spiro atoms. The van der Waals surface area contributed by atoms with Gasteiger partial charge in [-0.15, -0.1) is 0 Å². The number of amides is 2. The van der Waals surface area contributed by atoms with Crippen molar-refractivity contribution in [1.29, 1.82) is 0 Å². The number of Topliss-reactive ketones (excluding diaryl/α,β-unsaturated/α-hetero) is 1. The van der Waals surface area contributed by atoms with Crippen molar-refractivity contribution in [2.75, 3.05) is 44.7 Å². The first kappa shape index (κ1) is 44.4. The number of likely N-dealkylation sites (tertiary alicyclic amines) is 1. The number of ether oxygens (including phenoxy) is 2. The first-order valence-electron chi connectivity index (χ1n) is 19.7. The van der Waals surface area contributed by atoms with Crippen LogP contribution in [0.5, 0.6) is 11.5 Å². The molecule has 4 aliphatic heterocycles. The molecule has 8 rings (SSSR count). The van der Waals surface area contributed by atoms with Gasteiger partial charge in [0.25, 0.3) is 5.91 Å². The van der Waals surface area contributed by atoms with Crippen LogP contribution in [-0.4, -0.2) is 73.0 Å². The van der Waals surface area contributed by atoms with Crippen LogP contribution in [0.15, 0.2) is 84.9 Å². The SMILES string of the molecule is Cc1ccc2c(c1)OCC21CCCN(C(=O)C(=O)Cc2ccc(Cl)cc2)CC1.FC(F)(F)c1ccc2c(c1)OCC21CCCNCC1.O=C(O)C(=O)Nc1ccc(Cl)cc1. The van der Waals surface area contributed by atoms with E-state index >= 15 is 0 Å². The smallest absolute Gasteiger partial charge is 0.416 e. The minimum atomic E-state index is -4.31. The van der Waals surface area contributed by atoms with Crippen LogP contribution in [0.4, 0.5) is 18.9 Å². The Hall–Kier alpha value is -5.11. The average molecular weight is 869 g/mol. The van der Waals surface area contributed by atoms with Crippen molar-refractivity contribution in [2.24, 2.45) is 0 Å². The summed E-state index contributed by atoms with van der Waals surface area (Å²) in [4.78, 5) is 47.8. The van der Waals surface area contributed by atoms with E-state index in [9.17, 15) is 32.3 Å². The molecule has 10 nitrogen and oxygen atoms in total. The van der Waals surface area contributed by atoms with E-state index in [-0.39, 0.29) is 28.9 Å². The number of anilines is 1. The number of hydrogen-bond acceptors (Lipinski definition) is 7. The topological polar surface area (TPSA) is 134 Å². The number of halogens is 5. The molecule has 4 heterocycles. The Balaban J connectivity index is 0.000000163. The van der Waals surface area contributed by atoms with Gasteiger partial charge in [-0.3, -0.25) is 14.4 Å². The van der Waals surface area contributed by atoms with Gasteiger partial charge in [0.2, 0.25) is 5.78 Å². The van der Waals surface area contributed by atoms with Gasteiger partial charge < -0.3 is 30.1 Å². The van der Waals surface area contributed by atoms with Crippen molar-refractivity contribution in [3.05, 3.63) is 123 Å². The van der Waals surface area contributed by atoms with E-state index in [1.807, 2.05) is 0 Å². The van der Waals surface area contributed by atoms with Crippen LogP contribution in [0, 0.1) is 6.92 Å². The predicted molar refractivity (Wildman–Crippen MR) is 222 cm³/mol. The maximum atomic E-state index is 12.7. The van der Waals surface area contributed by atoms with E-state index in [0.29, 0.717) is 47.8 Å². The van der Waals surface area contributed by atoms with Crippen molar-refractivity contribution in [1.82, 2.24) is 10.2 Å². The minimum absolute atomic E-state index is 0.0444. The van der Waals surface area contributed by atoms with Gasteiger partial charge in [-0.1, -0.05) is 53.5 Å². The number of fused-ring (bicyclic) bond motifs is 4. The molecule has 0 radical (unpaired) electrons. The molecule has 318 valence electrons. The van der Waals surface area contributed by atoms with Gasteiger partial charge >= 0.3 is 18.1 Å². The van der Waals surface area contributed by atoms with Crippen molar-refractivity contribution in [3.8, 4) is 11.5 Å². The number of ketones is 1. The second-order valence-electron chi connectivity index (χ2n) is 15.6. The van der Waals surface area contributed by atoms with Crippen molar-refractivity contribution in [3.63, 3.8) is 0 Å². The molecule has 2 fully saturated rings. The number of aliphatic carboxylic acids is 1. The lowest BCUT2D eigenvalue weighted by molar-refractivity contribution is -0.147. The zero-order valence-electron chi connectivity index (χ0n) is 33.0. The predicted octanol–water partition coefficient (Wildman–Crippen LogP) is 8.58. The molecule has 4 aliphatic rings. The highest BCUT2D eigenvalue weighted by Gasteiger charge is 2.44. The summed E-state index contributed by atoms with van der Waals surface area (Å²) in [6.07, 6.45) is 1.40. The second kappa shape index (κ2) is 19.1. The monoisotopic (exact) mass is 867 g/mol. The molecule has 2 unspecified atom stereocenters. The fourth-order valence-electron chi connectivity index (χ4n) is 8.14. The number of hydrogen-bond donors (Lipinski definition) is 3. The van der Waals surface area contributed by atoms with E-state index in [1.54, 1.807) is 47.4 Å². The molecular weight excluding hydrogens is 822 g/mol. The molecule has 2 amide bonds. The van der Waals surface area contributed by atoms with Crippen LogP contribution in [0.3, 0.4) is 0 Å². The summed E-state index contributed by atoms with van der Waals surface area (Å²) in [6, 6.07) is 23.5. The van der Waals surface area contributed by atoms with Crippen molar-refractivity contribution in [2.45, 2.75) is 68.9 Å². The standard InChI is InChI=1S/C23H24ClNO3.C14H16F3NO.C8H6ClNO3/c1-16-3-8-19-21(13-16)28-15-23(19)9-2-11-25(12-10-23)22(27)20(26)14-17-4-6-18(24)7-5-17;15-14(16,17)10-2-3-11-12(8-10)19-9-13(11)4-1-6-18-7-5-13;9-5-1-3-6(4-2-5)10-7(11)8(12)13/h3-8,13H,2,9-12,14-15H2,1H3;2-3,8,18H,1,4-7,9H2;1-4H,(H,10,11)(H,12,13). The Morgan fingerprint density at radius 1 is 0.767 bits per heavy atom. The summed E-state index contributed by atoms with van der Waals surface area (Å²) >= 11 is 11.5. The molecule has 60 heavy (non-hydrogen) atoms. The minimum Gasteiger partial charge on any atom is -0.492 e. The molecule has 2 saturated heterocycles. The molecule has 15 heteroatoms. The summed E-state index contributed by atoms with van der Waals surface area (Å²) < 4.78 is 49.6. The van der Waals surface area contributed by atoms with Crippen molar-refractivity contribution >= 4 is 52.5 Å². The van der Waals surface area contributed by atoms with E-state index < -0.39 is 23.6 Å². The lowest BCUT2D eigenvalue weighted by Crippen LogP contribution is -2.39. The zero-order valence-corrected chi connectivity index (χ0v) is 34.5. The molecule has 2 atom stereocenters. The number of alkyl halides is 3. The lowest BCUT2D eigenvalue weighted by atomic mass is 9.76. The number of carbonyl (C=O) groups excluding carboxylic acids is 3. The number of carboxylic acid groups (broad SMARTS) is 1. The number of carbonyl (C=O) groups is 4. The highest BCUT2D eigenvalue weighted by molar-refractivity contribution is 6.37. The Morgan fingerprint density at radius 2 is 1.37 bits per heavy atom. The first-order valence-corrected chi connectivity index (χ1v) is 20.5. The highest BCUT2D eigenvalue weighted by Crippen LogP contribution is 2.47. The molecule has 0 aliphatic carbocycles. The number of nitrogens with zero attached hydrogens (tertiary/aromatic N) is 1. The van der Waals surface area contributed by atoms with Crippen LogP contribution >= 0.6 is 23.2 Å². The largest absolute Gasteiger partial charge is 0.492 e. The molecule has 0 aromatic heterocycles. The molecule has 4 aromatic carbocycles. The third-order valence-corrected chi connectivity index (χ3v) is 11.9. The van der Waals surface area contributed by atoms with Gasteiger partial charge in [-0.05, 0) is 124 Å². The lowest BCUT2D eigenvalue weighted by Gasteiger charge is -2.26. The summed E-state index contributed by atoms with van der Waals surface area (Å²) in [6.45, 7) is 6.30. The quantitative estimate of drug-likeness (QED) is 0.174. The van der Waals surface area contributed by atoms with E-state index in [0.717, 1.165) is 74.6 Å². The Bertz CT molecular complexity index is 2190. The number of aryl methyl sites for hydroxylation is 1. The number of benzene rings is 4. The van der Waals surface area contributed by atoms with E-state index in [1.165, 1.54) is 29.3 Å². The molecule has 0 bridgehead atoms. The number of rotatable bonds is 4. The summed E-state index contributed by atoms with van der Waals surface area (Å²) in [7, 11) is 0. The van der Waals surface area contributed by atoms with Crippen LogP contribution in [0.25, 0.3) is 0 Å². The van der Waals surface area contributed by atoms with Gasteiger partial charge in [0.15, 0.2) is 0 Å². The summed E-state index contributed by atoms with van der Waals surface area (Å²) in [5.41, 5.74) is 3.83. The molecule has 0 saturated carbocycles. The second-order valence-corrected chi connectivity index (χ2v) is 16.5. The molecule has 3 N–H and O–H groups in total. The van der Waals surface area contributed by atoms with Crippen LogP contribution in [0.1, 0.15) is 66.3 Å². The van der Waals surface area contributed by atoms with E-state index in [4.69, 9.17) is 37.8 Å². The van der Waals surface area contributed by atoms with Gasteiger partial charge in [0.05, 0.1) is 18.8 Å². The fourth-order valence-corrected chi connectivity index (χ4v) is 8.39. The third kappa shape index (κ3) is 10.8. The van der Waals surface area contributed by atoms with E-state index in [2.05, 4.69) is 35.8 Å². The summed E-state index contributed by atoms with van der Waals surface area (Å²) in [5, 5.41) is 14.9. The van der Waals surface area contributed by atoms with Gasteiger partial charge in [0.1, 0.15) is 11.5 Å².